The Hall–Kier alpha value is -1.09. The Balaban J connectivity index is 2.12. The number of rotatable bonds is 3. The van der Waals surface area contributed by atoms with Crippen LogP contribution in [0.3, 0.4) is 0 Å². The summed E-state index contributed by atoms with van der Waals surface area (Å²) in [4.78, 5) is 2.23. The van der Waals surface area contributed by atoms with E-state index in [9.17, 15) is 0 Å². The van der Waals surface area contributed by atoms with E-state index in [-0.39, 0.29) is 0 Å². The maximum Gasteiger partial charge on any atom is 0.169 e. The van der Waals surface area contributed by atoms with Crippen molar-refractivity contribution in [3.8, 4) is 0 Å². The fraction of sp³-hybridized carbons (Fsp3) is 0.533. The fourth-order valence-electron chi connectivity index (χ4n) is 2.63. The third kappa shape index (κ3) is 2.83. The summed E-state index contributed by atoms with van der Waals surface area (Å²) in [5, 5.41) is 4.19. The molecule has 18 heavy (non-hydrogen) atoms. The van der Waals surface area contributed by atoms with Crippen LogP contribution in [0.25, 0.3) is 0 Å². The second-order valence-corrected chi connectivity index (χ2v) is 5.34. The van der Waals surface area contributed by atoms with E-state index in [4.69, 9.17) is 12.2 Å². The lowest BCUT2D eigenvalue weighted by Gasteiger charge is -2.35. The Bertz CT molecular complexity index is 417. The van der Waals surface area contributed by atoms with Crippen molar-refractivity contribution in [1.82, 2.24) is 10.2 Å². The van der Waals surface area contributed by atoms with Crippen molar-refractivity contribution < 1.29 is 0 Å². The molecule has 1 atom stereocenters. The minimum Gasteiger partial charge on any atom is -0.363 e. The predicted molar refractivity (Wildman–Crippen MR) is 80.8 cm³/mol. The molecular weight excluding hydrogens is 240 g/mol. The van der Waals surface area contributed by atoms with Crippen molar-refractivity contribution in [2.45, 2.75) is 38.6 Å². The zero-order chi connectivity index (χ0) is 13.0. The number of nitrogens with one attached hydrogen (secondary N) is 1. The normalized spacial score (nSPS) is 18.0. The molecule has 0 radical (unpaired) electrons. The van der Waals surface area contributed by atoms with Gasteiger partial charge in [0.05, 0.1) is 6.04 Å². The molecule has 0 saturated heterocycles. The molecule has 0 bridgehead atoms. The van der Waals surface area contributed by atoms with Crippen LogP contribution in [0.1, 0.15) is 43.4 Å². The topological polar surface area (TPSA) is 15.3 Å². The number of benzene rings is 1. The van der Waals surface area contributed by atoms with Gasteiger partial charge in [0.1, 0.15) is 0 Å². The maximum absolute atomic E-state index is 5.47. The second-order valence-electron chi connectivity index (χ2n) is 4.95. The molecule has 1 aromatic carbocycles. The predicted octanol–water partition coefficient (Wildman–Crippen LogP) is 3.28. The highest BCUT2D eigenvalue weighted by atomic mass is 32.1. The lowest BCUT2D eigenvalue weighted by atomic mass is 9.87. The van der Waals surface area contributed by atoms with Crippen molar-refractivity contribution in [2.24, 2.45) is 0 Å². The van der Waals surface area contributed by atoms with Gasteiger partial charge in [-0.05, 0) is 49.0 Å². The summed E-state index contributed by atoms with van der Waals surface area (Å²) in [6.07, 6.45) is 4.76. The highest BCUT2D eigenvalue weighted by Crippen LogP contribution is 2.33. The summed E-state index contributed by atoms with van der Waals surface area (Å²) in [5.41, 5.74) is 2.94. The van der Waals surface area contributed by atoms with E-state index in [2.05, 4.69) is 48.5 Å². The highest BCUT2D eigenvalue weighted by Gasteiger charge is 2.24. The van der Waals surface area contributed by atoms with Crippen LogP contribution in [0.4, 0.5) is 0 Å². The number of aryl methyl sites for hydroxylation is 1. The molecule has 0 unspecified atom stereocenters. The van der Waals surface area contributed by atoms with Gasteiger partial charge in [0.2, 0.25) is 0 Å². The Kier molecular flexibility index (Phi) is 4.59. The van der Waals surface area contributed by atoms with Crippen LogP contribution in [0.5, 0.6) is 0 Å². The highest BCUT2D eigenvalue weighted by molar-refractivity contribution is 7.80. The Morgan fingerprint density at radius 2 is 2.22 bits per heavy atom. The molecule has 1 N–H and O–H groups in total. The van der Waals surface area contributed by atoms with Crippen molar-refractivity contribution in [3.63, 3.8) is 0 Å². The first-order valence-electron chi connectivity index (χ1n) is 6.82. The van der Waals surface area contributed by atoms with E-state index < -0.39 is 0 Å². The van der Waals surface area contributed by atoms with Crippen LogP contribution in [0.15, 0.2) is 24.3 Å². The van der Waals surface area contributed by atoms with Gasteiger partial charge in [-0.2, -0.15) is 0 Å². The number of nitrogens with zero attached hydrogens (tertiary/aromatic N) is 1. The lowest BCUT2D eigenvalue weighted by Crippen LogP contribution is -2.40. The van der Waals surface area contributed by atoms with E-state index in [1.54, 1.807) is 0 Å². The molecular formula is C15H22N2S. The SMILES string of the molecule is CCCNC(=S)N(C)[C@@H]1CCCc2ccccc21. The van der Waals surface area contributed by atoms with Crippen molar-refractivity contribution >= 4 is 17.3 Å². The molecule has 2 rings (SSSR count). The molecule has 1 aliphatic rings. The number of hydrogen-bond donors (Lipinski definition) is 1. The third-order valence-electron chi connectivity index (χ3n) is 3.65. The largest absolute Gasteiger partial charge is 0.363 e. The van der Waals surface area contributed by atoms with Gasteiger partial charge in [0, 0.05) is 13.6 Å². The molecule has 0 aromatic heterocycles. The summed E-state index contributed by atoms with van der Waals surface area (Å²) in [5.74, 6) is 0. The zero-order valence-electron chi connectivity index (χ0n) is 11.3. The molecule has 0 saturated carbocycles. The van der Waals surface area contributed by atoms with Crippen molar-refractivity contribution in [1.29, 1.82) is 0 Å². The molecule has 0 fully saturated rings. The van der Waals surface area contributed by atoms with Crippen LogP contribution >= 0.6 is 12.2 Å². The quantitative estimate of drug-likeness (QED) is 0.842. The first kappa shape index (κ1) is 13.3. The molecule has 0 heterocycles. The summed E-state index contributed by atoms with van der Waals surface area (Å²) in [6, 6.07) is 9.20. The van der Waals surface area contributed by atoms with E-state index in [0.29, 0.717) is 6.04 Å². The molecule has 0 amide bonds. The van der Waals surface area contributed by atoms with Gasteiger partial charge in [0.15, 0.2) is 5.11 Å². The smallest absolute Gasteiger partial charge is 0.169 e. The van der Waals surface area contributed by atoms with Gasteiger partial charge in [-0.15, -0.1) is 0 Å². The van der Waals surface area contributed by atoms with E-state index in [1.807, 2.05) is 0 Å². The average Bonchev–Trinajstić information content (AvgIpc) is 2.43. The summed E-state index contributed by atoms with van der Waals surface area (Å²) in [7, 11) is 2.11. The van der Waals surface area contributed by atoms with Crippen molar-refractivity contribution in [3.05, 3.63) is 35.4 Å². The van der Waals surface area contributed by atoms with E-state index in [1.165, 1.54) is 30.4 Å². The number of hydrogen-bond acceptors (Lipinski definition) is 1. The van der Waals surface area contributed by atoms with Crippen LogP contribution in [-0.2, 0) is 6.42 Å². The molecule has 0 aliphatic heterocycles. The summed E-state index contributed by atoms with van der Waals surface area (Å²) >= 11 is 5.47. The maximum atomic E-state index is 5.47. The molecule has 0 spiro atoms. The van der Waals surface area contributed by atoms with Gasteiger partial charge < -0.3 is 10.2 Å². The Labute approximate surface area is 115 Å². The minimum atomic E-state index is 0.437. The summed E-state index contributed by atoms with van der Waals surface area (Å²) < 4.78 is 0. The monoisotopic (exact) mass is 262 g/mol. The van der Waals surface area contributed by atoms with E-state index in [0.717, 1.165) is 18.1 Å². The molecule has 2 nitrogen and oxygen atoms in total. The van der Waals surface area contributed by atoms with Gasteiger partial charge in [-0.3, -0.25) is 0 Å². The van der Waals surface area contributed by atoms with Crippen molar-refractivity contribution in [2.75, 3.05) is 13.6 Å². The van der Waals surface area contributed by atoms with Gasteiger partial charge in [-0.1, -0.05) is 31.2 Å². The Morgan fingerprint density at radius 1 is 1.44 bits per heavy atom. The number of fused-ring (bicyclic) bond motifs is 1. The lowest BCUT2D eigenvalue weighted by molar-refractivity contribution is 0.328. The van der Waals surface area contributed by atoms with Gasteiger partial charge in [-0.25, -0.2) is 0 Å². The van der Waals surface area contributed by atoms with Gasteiger partial charge >= 0.3 is 0 Å². The second kappa shape index (κ2) is 6.19. The molecule has 98 valence electrons. The van der Waals surface area contributed by atoms with Crippen LogP contribution < -0.4 is 5.32 Å². The first-order valence-corrected chi connectivity index (χ1v) is 7.23. The standard InChI is InChI=1S/C15H22N2S/c1-3-11-16-15(18)17(2)14-10-6-8-12-7-4-5-9-13(12)14/h4-5,7,9,14H,3,6,8,10-11H2,1-2H3,(H,16,18)/t14-/m1/s1. The number of thiocarbonyl (C=S) groups is 1. The van der Waals surface area contributed by atoms with E-state index >= 15 is 0 Å². The van der Waals surface area contributed by atoms with Crippen LogP contribution in [0.2, 0.25) is 0 Å². The zero-order valence-corrected chi connectivity index (χ0v) is 12.1. The van der Waals surface area contributed by atoms with Gasteiger partial charge in [0.25, 0.3) is 0 Å². The molecule has 1 aromatic rings. The molecule has 1 aliphatic carbocycles. The Morgan fingerprint density at radius 3 is 3.00 bits per heavy atom. The summed E-state index contributed by atoms with van der Waals surface area (Å²) in [6.45, 7) is 3.11. The van der Waals surface area contributed by atoms with Crippen LogP contribution in [-0.4, -0.2) is 23.6 Å². The fourth-order valence-corrected chi connectivity index (χ4v) is 2.86. The minimum absolute atomic E-state index is 0.437. The first-order chi connectivity index (χ1) is 8.74. The average molecular weight is 262 g/mol. The van der Waals surface area contributed by atoms with Crippen LogP contribution in [0, 0.1) is 0 Å². The molecule has 3 heteroatoms. The third-order valence-corrected chi connectivity index (χ3v) is 4.08.